The van der Waals surface area contributed by atoms with E-state index in [1.54, 1.807) is 29.2 Å². The zero-order chi connectivity index (χ0) is 21.6. The number of piperidine rings is 1. The largest absolute Gasteiger partial charge is 0.433 e. The van der Waals surface area contributed by atoms with E-state index < -0.39 is 11.9 Å². The van der Waals surface area contributed by atoms with Crippen molar-refractivity contribution in [2.24, 2.45) is 0 Å². The maximum Gasteiger partial charge on any atom is 0.433 e. The third kappa shape index (κ3) is 3.71. The Balaban J connectivity index is 1.65. The summed E-state index contributed by atoms with van der Waals surface area (Å²) in [4.78, 5) is 20.2. The number of rotatable bonds is 3. The third-order valence-electron chi connectivity index (χ3n) is 5.79. The molecule has 0 unspecified atom stereocenters. The van der Waals surface area contributed by atoms with Crippen LogP contribution in [0.25, 0.3) is 5.65 Å². The van der Waals surface area contributed by atoms with E-state index in [1.165, 1.54) is 0 Å². The highest BCUT2D eigenvalue weighted by atomic mass is 32.1. The molecule has 0 radical (unpaired) electrons. The molecule has 0 aliphatic carbocycles. The average molecular weight is 437 g/mol. The van der Waals surface area contributed by atoms with E-state index in [0.717, 1.165) is 33.9 Å². The summed E-state index contributed by atoms with van der Waals surface area (Å²) in [6, 6.07) is 2.69. The lowest BCUT2D eigenvalue weighted by Crippen LogP contribution is -2.39. The van der Waals surface area contributed by atoms with Crippen molar-refractivity contribution >= 4 is 22.9 Å². The van der Waals surface area contributed by atoms with Crippen molar-refractivity contribution in [2.75, 3.05) is 13.1 Å². The summed E-state index contributed by atoms with van der Waals surface area (Å²) in [5, 5.41) is 6.15. The van der Waals surface area contributed by atoms with Crippen LogP contribution in [0.2, 0.25) is 0 Å². The van der Waals surface area contributed by atoms with Gasteiger partial charge in [-0.1, -0.05) is 6.92 Å². The van der Waals surface area contributed by atoms with Gasteiger partial charge in [-0.15, -0.1) is 11.3 Å². The van der Waals surface area contributed by atoms with Gasteiger partial charge in [0, 0.05) is 41.0 Å². The topological polar surface area (TPSA) is 50.5 Å². The summed E-state index contributed by atoms with van der Waals surface area (Å²) in [6.45, 7) is 6.79. The van der Waals surface area contributed by atoms with Gasteiger partial charge in [-0.2, -0.15) is 18.3 Å². The number of likely N-dealkylation sites (tertiary alicyclic amines) is 1. The molecular formula is C21H23F3N4OS. The third-order valence-corrected chi connectivity index (χ3v) is 6.81. The van der Waals surface area contributed by atoms with Crippen LogP contribution in [0.3, 0.4) is 0 Å². The Morgan fingerprint density at radius 2 is 2.07 bits per heavy atom. The second-order valence-electron chi connectivity index (χ2n) is 7.74. The first-order valence-electron chi connectivity index (χ1n) is 9.99. The molecule has 3 aromatic rings. The number of carbonyl (C=O) groups is 1. The summed E-state index contributed by atoms with van der Waals surface area (Å²) in [6.07, 6.45) is -2.55. The molecular weight excluding hydrogens is 413 g/mol. The predicted molar refractivity (Wildman–Crippen MR) is 109 cm³/mol. The fourth-order valence-electron chi connectivity index (χ4n) is 3.92. The smallest absolute Gasteiger partial charge is 0.338 e. The Bertz CT molecular complexity index is 1100. The van der Waals surface area contributed by atoms with E-state index in [9.17, 15) is 18.0 Å². The van der Waals surface area contributed by atoms with E-state index in [4.69, 9.17) is 0 Å². The van der Waals surface area contributed by atoms with Gasteiger partial charge in [0.2, 0.25) is 0 Å². The molecule has 1 saturated heterocycles. The monoisotopic (exact) mass is 436 g/mol. The molecule has 0 N–H and O–H groups in total. The van der Waals surface area contributed by atoms with Crippen LogP contribution in [0.4, 0.5) is 13.2 Å². The fourth-order valence-corrected chi connectivity index (χ4v) is 4.78. The molecule has 4 heterocycles. The van der Waals surface area contributed by atoms with Crippen molar-refractivity contribution in [1.29, 1.82) is 0 Å². The number of amides is 1. The average Bonchev–Trinajstić information content (AvgIpc) is 3.29. The number of hydrogen-bond donors (Lipinski definition) is 0. The van der Waals surface area contributed by atoms with Crippen molar-refractivity contribution in [3.8, 4) is 0 Å². The van der Waals surface area contributed by atoms with Crippen molar-refractivity contribution in [3.63, 3.8) is 0 Å². The number of nitrogens with zero attached hydrogens (tertiary/aromatic N) is 4. The molecule has 5 nitrogen and oxygen atoms in total. The second-order valence-corrected chi connectivity index (χ2v) is 8.83. The minimum absolute atomic E-state index is 0.0207. The molecule has 1 aliphatic heterocycles. The molecule has 1 aliphatic rings. The van der Waals surface area contributed by atoms with Gasteiger partial charge < -0.3 is 4.90 Å². The van der Waals surface area contributed by atoms with Gasteiger partial charge in [-0.05, 0) is 44.7 Å². The van der Waals surface area contributed by atoms with E-state index in [0.29, 0.717) is 36.5 Å². The van der Waals surface area contributed by atoms with Crippen molar-refractivity contribution in [1.82, 2.24) is 19.5 Å². The lowest BCUT2D eigenvalue weighted by molar-refractivity contribution is -0.142. The Morgan fingerprint density at radius 1 is 1.30 bits per heavy atom. The second kappa shape index (κ2) is 7.68. The summed E-state index contributed by atoms with van der Waals surface area (Å²) in [5.41, 5.74) is 2.02. The molecule has 160 valence electrons. The van der Waals surface area contributed by atoms with Crippen molar-refractivity contribution < 1.29 is 18.0 Å². The van der Waals surface area contributed by atoms with E-state index in [2.05, 4.69) is 10.1 Å². The van der Waals surface area contributed by atoms with Gasteiger partial charge in [0.05, 0.1) is 11.3 Å². The molecule has 1 fully saturated rings. The fraction of sp³-hybridized carbons (Fsp3) is 0.476. The molecule has 0 bridgehead atoms. The number of alkyl halides is 3. The lowest BCUT2D eigenvalue weighted by atomic mass is 9.94. The summed E-state index contributed by atoms with van der Waals surface area (Å²) in [7, 11) is 0. The van der Waals surface area contributed by atoms with Gasteiger partial charge in [0.1, 0.15) is 5.69 Å². The van der Waals surface area contributed by atoms with Gasteiger partial charge in [-0.25, -0.2) is 9.50 Å². The SMILES string of the molecule is CCc1cc(C(F)(F)F)n2nc([C@@H]3CCCN(C(=O)c4csc(C)c4C)C3)cc2n1. The maximum atomic E-state index is 13.5. The summed E-state index contributed by atoms with van der Waals surface area (Å²) < 4.78 is 41.5. The highest BCUT2D eigenvalue weighted by molar-refractivity contribution is 7.10. The Morgan fingerprint density at radius 3 is 2.70 bits per heavy atom. The molecule has 9 heteroatoms. The first kappa shape index (κ1) is 20.8. The molecule has 30 heavy (non-hydrogen) atoms. The van der Waals surface area contributed by atoms with Crippen LogP contribution >= 0.6 is 11.3 Å². The van der Waals surface area contributed by atoms with Gasteiger partial charge in [0.15, 0.2) is 5.65 Å². The zero-order valence-corrected chi connectivity index (χ0v) is 17.9. The predicted octanol–water partition coefficient (Wildman–Crippen LogP) is 5.01. The number of hydrogen-bond acceptors (Lipinski definition) is 4. The highest BCUT2D eigenvalue weighted by Gasteiger charge is 2.36. The molecule has 4 rings (SSSR count). The normalized spacial score (nSPS) is 17.7. The number of aromatic nitrogens is 3. The summed E-state index contributed by atoms with van der Waals surface area (Å²) >= 11 is 1.55. The van der Waals surface area contributed by atoms with Crippen LogP contribution in [0.1, 0.15) is 63.6 Å². The minimum atomic E-state index is -4.52. The van der Waals surface area contributed by atoms with Crippen LogP contribution in [0.5, 0.6) is 0 Å². The number of aryl methyl sites for hydroxylation is 2. The summed E-state index contributed by atoms with van der Waals surface area (Å²) in [5.74, 6) is -0.136. The standard InChI is InChI=1S/C21H23F3N4OS/c1-4-15-8-18(21(22,23)24)28-19(25-15)9-17(26-28)14-6-5-7-27(10-14)20(29)16-11-30-13(3)12(16)2/h8-9,11,14H,4-7,10H2,1-3H3/t14-/m1/s1. The van der Waals surface area contributed by atoms with Crippen molar-refractivity contribution in [3.05, 3.63) is 50.6 Å². The number of carbonyl (C=O) groups excluding carboxylic acids is 1. The van der Waals surface area contributed by atoms with Crippen LogP contribution in [0, 0.1) is 13.8 Å². The van der Waals surface area contributed by atoms with Crippen molar-refractivity contribution in [2.45, 2.75) is 52.1 Å². The lowest BCUT2D eigenvalue weighted by Gasteiger charge is -2.32. The first-order chi connectivity index (χ1) is 14.2. The molecule has 1 amide bonds. The van der Waals surface area contributed by atoms with Gasteiger partial charge in [-0.3, -0.25) is 4.79 Å². The molecule has 1 atom stereocenters. The molecule has 0 aromatic carbocycles. The molecule has 0 spiro atoms. The quantitative estimate of drug-likeness (QED) is 0.580. The van der Waals surface area contributed by atoms with Crippen LogP contribution in [-0.2, 0) is 12.6 Å². The zero-order valence-electron chi connectivity index (χ0n) is 17.1. The maximum absolute atomic E-state index is 13.5. The van der Waals surface area contributed by atoms with Crippen LogP contribution < -0.4 is 0 Å². The van der Waals surface area contributed by atoms with Gasteiger partial charge >= 0.3 is 6.18 Å². The van der Waals surface area contributed by atoms with Crippen LogP contribution in [0.15, 0.2) is 17.5 Å². The van der Waals surface area contributed by atoms with Crippen LogP contribution in [-0.4, -0.2) is 38.5 Å². The van der Waals surface area contributed by atoms with E-state index in [1.807, 2.05) is 19.2 Å². The molecule has 0 saturated carbocycles. The number of thiophene rings is 1. The number of fused-ring (bicyclic) bond motifs is 1. The van der Waals surface area contributed by atoms with E-state index in [-0.39, 0.29) is 17.5 Å². The molecule has 3 aromatic heterocycles. The highest BCUT2D eigenvalue weighted by Crippen LogP contribution is 2.33. The Hall–Kier alpha value is -2.42. The Labute approximate surface area is 176 Å². The van der Waals surface area contributed by atoms with Gasteiger partial charge in [0.25, 0.3) is 5.91 Å². The Kier molecular flexibility index (Phi) is 5.34. The minimum Gasteiger partial charge on any atom is -0.338 e. The number of halogens is 3. The first-order valence-corrected chi connectivity index (χ1v) is 10.9. The van der Waals surface area contributed by atoms with E-state index >= 15 is 0 Å².